The standard InChI is InChI=1S/C5H12O3S.Ag/c1-5(2,3)4-9(6,7)8;/h4H2,1-3H3,(H,6,7,8);. The minimum atomic E-state index is -3.78. The summed E-state index contributed by atoms with van der Waals surface area (Å²) in [7, 11) is -3.78. The summed E-state index contributed by atoms with van der Waals surface area (Å²) in [5.74, 6) is -0.181. The van der Waals surface area contributed by atoms with E-state index in [4.69, 9.17) is 4.55 Å². The molecular formula is C5H12AgO3S. The van der Waals surface area contributed by atoms with E-state index in [2.05, 4.69) is 0 Å². The molecule has 0 rings (SSSR count). The van der Waals surface area contributed by atoms with Crippen molar-refractivity contribution in [1.82, 2.24) is 0 Å². The van der Waals surface area contributed by atoms with Crippen LogP contribution in [0.5, 0.6) is 0 Å². The predicted molar refractivity (Wildman–Crippen MR) is 35.9 cm³/mol. The van der Waals surface area contributed by atoms with Gasteiger partial charge in [0, 0.05) is 22.4 Å². The van der Waals surface area contributed by atoms with Crippen molar-refractivity contribution in [1.29, 1.82) is 0 Å². The maximum Gasteiger partial charge on any atom is 0.265 e. The summed E-state index contributed by atoms with van der Waals surface area (Å²) in [5.41, 5.74) is -0.354. The summed E-state index contributed by atoms with van der Waals surface area (Å²) in [6, 6.07) is 0. The molecule has 3 nitrogen and oxygen atoms in total. The summed E-state index contributed by atoms with van der Waals surface area (Å²) >= 11 is 0. The van der Waals surface area contributed by atoms with Gasteiger partial charge in [-0.1, -0.05) is 20.8 Å². The molecule has 0 spiro atoms. The molecule has 0 aromatic rings. The van der Waals surface area contributed by atoms with Crippen LogP contribution in [0.15, 0.2) is 0 Å². The minimum Gasteiger partial charge on any atom is -0.286 e. The molecule has 1 radical (unpaired) electrons. The molecule has 0 aromatic heterocycles. The van der Waals surface area contributed by atoms with Crippen molar-refractivity contribution in [2.24, 2.45) is 5.41 Å². The van der Waals surface area contributed by atoms with Gasteiger partial charge in [-0.2, -0.15) is 8.42 Å². The van der Waals surface area contributed by atoms with Gasteiger partial charge in [-0.3, -0.25) is 4.55 Å². The molecule has 0 aliphatic carbocycles. The van der Waals surface area contributed by atoms with Gasteiger partial charge in [0.1, 0.15) is 0 Å². The number of hydrogen-bond donors (Lipinski definition) is 1. The second-order valence-corrected chi connectivity index (χ2v) is 4.74. The van der Waals surface area contributed by atoms with Gasteiger partial charge in [-0.15, -0.1) is 0 Å². The van der Waals surface area contributed by atoms with Gasteiger partial charge in [0.15, 0.2) is 0 Å². The fourth-order valence-electron chi connectivity index (χ4n) is 0.547. The van der Waals surface area contributed by atoms with Gasteiger partial charge < -0.3 is 0 Å². The van der Waals surface area contributed by atoms with Crippen LogP contribution in [0.1, 0.15) is 20.8 Å². The molecule has 0 unspecified atom stereocenters. The summed E-state index contributed by atoms with van der Waals surface area (Å²) in [6.07, 6.45) is 0. The largest absolute Gasteiger partial charge is 0.286 e. The molecule has 0 bridgehead atoms. The summed E-state index contributed by atoms with van der Waals surface area (Å²) in [4.78, 5) is 0. The van der Waals surface area contributed by atoms with Crippen molar-refractivity contribution >= 4 is 10.1 Å². The van der Waals surface area contributed by atoms with Crippen molar-refractivity contribution in [3.05, 3.63) is 0 Å². The second kappa shape index (κ2) is 3.88. The van der Waals surface area contributed by atoms with Crippen LogP contribution in [-0.4, -0.2) is 18.7 Å². The molecule has 0 amide bonds. The zero-order valence-corrected chi connectivity index (χ0v) is 8.48. The third-order valence-electron chi connectivity index (χ3n) is 0.615. The van der Waals surface area contributed by atoms with E-state index in [1.807, 2.05) is 0 Å². The number of hydrogen-bond acceptors (Lipinski definition) is 2. The number of rotatable bonds is 1. The molecule has 0 aliphatic rings. The van der Waals surface area contributed by atoms with E-state index in [0.717, 1.165) is 0 Å². The van der Waals surface area contributed by atoms with Gasteiger partial charge in [0.2, 0.25) is 0 Å². The van der Waals surface area contributed by atoms with E-state index in [-0.39, 0.29) is 33.5 Å². The molecule has 0 atom stereocenters. The van der Waals surface area contributed by atoms with E-state index < -0.39 is 10.1 Å². The fourth-order valence-corrected chi connectivity index (χ4v) is 1.64. The molecular weight excluding hydrogens is 248 g/mol. The van der Waals surface area contributed by atoms with Crippen molar-refractivity contribution in [2.75, 3.05) is 5.75 Å². The zero-order valence-electron chi connectivity index (χ0n) is 6.18. The van der Waals surface area contributed by atoms with Crippen LogP contribution in [0.3, 0.4) is 0 Å². The molecule has 0 aromatic carbocycles. The first-order valence-electron chi connectivity index (χ1n) is 2.66. The van der Waals surface area contributed by atoms with E-state index >= 15 is 0 Å². The van der Waals surface area contributed by atoms with Gasteiger partial charge in [0.25, 0.3) is 10.1 Å². The maximum atomic E-state index is 10.2. The van der Waals surface area contributed by atoms with Crippen LogP contribution >= 0.6 is 0 Å². The Morgan fingerprint density at radius 2 is 1.60 bits per heavy atom. The van der Waals surface area contributed by atoms with E-state index in [1.54, 1.807) is 20.8 Å². The minimum absolute atomic E-state index is 0. The van der Waals surface area contributed by atoms with Gasteiger partial charge >= 0.3 is 0 Å². The molecule has 10 heavy (non-hydrogen) atoms. The van der Waals surface area contributed by atoms with Crippen LogP contribution in [0, 0.1) is 5.41 Å². The van der Waals surface area contributed by atoms with Gasteiger partial charge in [-0.05, 0) is 5.41 Å². The molecule has 1 N–H and O–H groups in total. The van der Waals surface area contributed by atoms with Crippen LogP contribution in [0.4, 0.5) is 0 Å². The quantitative estimate of drug-likeness (QED) is 0.563. The first-order valence-corrected chi connectivity index (χ1v) is 4.27. The van der Waals surface area contributed by atoms with Gasteiger partial charge in [-0.25, -0.2) is 0 Å². The average molecular weight is 260 g/mol. The first kappa shape index (κ1) is 13.3. The predicted octanol–water partition coefficient (Wildman–Crippen LogP) is 0.918. The third-order valence-corrected chi connectivity index (χ3v) is 1.85. The molecule has 0 heterocycles. The Kier molecular flexibility index (Phi) is 5.14. The molecule has 0 aliphatic heterocycles. The molecule has 0 saturated heterocycles. The summed E-state index contributed by atoms with van der Waals surface area (Å²) in [6.45, 7) is 5.25. The van der Waals surface area contributed by atoms with E-state index in [1.165, 1.54) is 0 Å². The smallest absolute Gasteiger partial charge is 0.265 e. The van der Waals surface area contributed by atoms with Crippen molar-refractivity contribution in [3.8, 4) is 0 Å². The van der Waals surface area contributed by atoms with Crippen LogP contribution in [0.2, 0.25) is 0 Å². The Hall–Kier alpha value is 0.650. The van der Waals surface area contributed by atoms with Crippen molar-refractivity contribution in [3.63, 3.8) is 0 Å². The molecule has 67 valence electrons. The maximum absolute atomic E-state index is 10.2. The summed E-state index contributed by atoms with van der Waals surface area (Å²) in [5, 5.41) is 0. The SMILES string of the molecule is CC(C)(C)CS(=O)(=O)O.[Ag]. The molecule has 0 saturated carbocycles. The van der Waals surface area contributed by atoms with Crippen molar-refractivity contribution in [2.45, 2.75) is 20.8 Å². The van der Waals surface area contributed by atoms with E-state index in [9.17, 15) is 8.42 Å². The Morgan fingerprint density at radius 3 is 1.60 bits per heavy atom. The Labute approximate surface area is 77.5 Å². The van der Waals surface area contributed by atoms with Crippen molar-refractivity contribution < 1.29 is 35.4 Å². The second-order valence-electron chi connectivity index (χ2n) is 3.29. The van der Waals surface area contributed by atoms with Crippen LogP contribution in [0.25, 0.3) is 0 Å². The zero-order chi connectivity index (χ0) is 7.71. The normalized spacial score (nSPS) is 12.4. The summed E-state index contributed by atoms with van der Waals surface area (Å²) < 4.78 is 28.7. The Balaban J connectivity index is 0. The Morgan fingerprint density at radius 1 is 1.30 bits per heavy atom. The average Bonchev–Trinajstić information content (AvgIpc) is 1.14. The Bertz CT molecular complexity index is 178. The van der Waals surface area contributed by atoms with Crippen LogP contribution in [-0.2, 0) is 32.5 Å². The topological polar surface area (TPSA) is 54.4 Å². The van der Waals surface area contributed by atoms with Crippen LogP contribution < -0.4 is 0 Å². The fraction of sp³-hybridized carbons (Fsp3) is 1.00. The first-order chi connectivity index (χ1) is 3.71. The molecule has 5 heteroatoms. The third kappa shape index (κ3) is 11.4. The monoisotopic (exact) mass is 259 g/mol. The van der Waals surface area contributed by atoms with Gasteiger partial charge in [0.05, 0.1) is 5.75 Å². The van der Waals surface area contributed by atoms with E-state index in [0.29, 0.717) is 0 Å². The molecule has 0 fully saturated rings.